The Labute approximate surface area is 105 Å². The zero-order chi connectivity index (χ0) is 14.0. The summed E-state index contributed by atoms with van der Waals surface area (Å²) in [7, 11) is 2.99. The fourth-order valence-electron chi connectivity index (χ4n) is 1.20. The first-order chi connectivity index (χ1) is 8.54. The van der Waals surface area contributed by atoms with Crippen LogP contribution in [0.25, 0.3) is 0 Å². The van der Waals surface area contributed by atoms with Gasteiger partial charge < -0.3 is 30.3 Å². The van der Waals surface area contributed by atoms with Gasteiger partial charge in [0.1, 0.15) is 6.04 Å². The maximum absolute atomic E-state index is 11.4. The van der Waals surface area contributed by atoms with Gasteiger partial charge >= 0.3 is 12.0 Å². The fraction of sp³-hybridized carbons (Fsp3) is 0.800. The molecule has 18 heavy (non-hydrogen) atoms. The molecule has 0 radical (unpaired) electrons. The van der Waals surface area contributed by atoms with Crippen LogP contribution in [0.3, 0.4) is 0 Å². The molecule has 0 aromatic carbocycles. The number of carbonyl (C=O) groups is 2. The molecule has 1 unspecified atom stereocenters. The van der Waals surface area contributed by atoms with Gasteiger partial charge in [-0.15, -0.1) is 0 Å². The summed E-state index contributed by atoms with van der Waals surface area (Å²) in [6.07, 6.45) is -0.351. The smallest absolute Gasteiger partial charge is 0.326 e. The Kier molecular flexibility index (Phi) is 8.89. The Hall–Kier alpha value is -1.38. The number of carboxylic acid groups (broad SMARTS) is 1. The highest BCUT2D eigenvalue weighted by Crippen LogP contribution is 1.92. The van der Waals surface area contributed by atoms with Gasteiger partial charge in [0.25, 0.3) is 0 Å². The van der Waals surface area contributed by atoms with Crippen LogP contribution in [0.1, 0.15) is 6.42 Å². The van der Waals surface area contributed by atoms with Gasteiger partial charge in [-0.1, -0.05) is 0 Å². The molecule has 0 aliphatic heterocycles. The van der Waals surface area contributed by atoms with E-state index in [0.717, 1.165) is 0 Å². The first kappa shape index (κ1) is 16.6. The number of hydrogen-bond donors (Lipinski definition) is 4. The molecule has 106 valence electrons. The van der Waals surface area contributed by atoms with Gasteiger partial charge in [0.2, 0.25) is 0 Å². The number of methoxy groups -OCH3 is 2. The lowest BCUT2D eigenvalue weighted by Gasteiger charge is -2.17. The Balaban J connectivity index is 4.04. The second kappa shape index (κ2) is 9.63. The normalized spacial score (nSPS) is 13.7. The Bertz CT molecular complexity index is 261. The third-order valence-corrected chi connectivity index (χ3v) is 2.20. The van der Waals surface area contributed by atoms with E-state index in [1.165, 1.54) is 14.2 Å². The molecule has 0 rings (SSSR count). The number of nitrogens with one attached hydrogen (secondary N) is 2. The van der Waals surface area contributed by atoms with Crippen LogP contribution < -0.4 is 10.6 Å². The van der Waals surface area contributed by atoms with Gasteiger partial charge in [-0.25, -0.2) is 9.59 Å². The van der Waals surface area contributed by atoms with E-state index >= 15 is 0 Å². The predicted molar refractivity (Wildman–Crippen MR) is 62.3 cm³/mol. The fourth-order valence-corrected chi connectivity index (χ4v) is 1.20. The number of amides is 2. The van der Waals surface area contributed by atoms with Crippen LogP contribution in [0.5, 0.6) is 0 Å². The molecule has 0 spiro atoms. The van der Waals surface area contributed by atoms with Crippen molar-refractivity contribution in [2.24, 2.45) is 0 Å². The van der Waals surface area contributed by atoms with Crippen LogP contribution in [0.4, 0.5) is 4.79 Å². The Morgan fingerprint density at radius 3 is 2.44 bits per heavy atom. The average Bonchev–Trinajstić information content (AvgIpc) is 2.33. The molecule has 4 N–H and O–H groups in total. The number of urea groups is 1. The minimum atomic E-state index is -1.20. The highest BCUT2D eigenvalue weighted by Gasteiger charge is 2.19. The van der Waals surface area contributed by atoms with Crippen molar-refractivity contribution < 1.29 is 29.3 Å². The SMILES string of the molecule is COCC(CNC(=O)N[C@@H](CCO)C(=O)O)OC. The molecule has 0 aliphatic rings. The summed E-state index contributed by atoms with van der Waals surface area (Å²) in [5, 5.41) is 22.1. The minimum Gasteiger partial charge on any atom is -0.480 e. The largest absolute Gasteiger partial charge is 0.480 e. The van der Waals surface area contributed by atoms with Gasteiger partial charge in [-0.2, -0.15) is 0 Å². The lowest BCUT2D eigenvalue weighted by atomic mass is 10.2. The zero-order valence-corrected chi connectivity index (χ0v) is 10.5. The summed E-state index contributed by atoms with van der Waals surface area (Å²) in [5.74, 6) is -1.20. The van der Waals surface area contributed by atoms with Crippen LogP contribution in [0.15, 0.2) is 0 Å². The van der Waals surface area contributed by atoms with Crippen molar-refractivity contribution in [3.63, 3.8) is 0 Å². The molecule has 2 amide bonds. The molecular formula is C10H20N2O6. The van der Waals surface area contributed by atoms with Gasteiger partial charge in [0, 0.05) is 33.8 Å². The van der Waals surface area contributed by atoms with E-state index in [9.17, 15) is 9.59 Å². The second-order valence-electron chi connectivity index (χ2n) is 3.57. The number of hydrogen-bond acceptors (Lipinski definition) is 5. The molecule has 8 nitrogen and oxygen atoms in total. The van der Waals surface area contributed by atoms with Crippen LogP contribution in [0.2, 0.25) is 0 Å². The Morgan fingerprint density at radius 1 is 1.33 bits per heavy atom. The van der Waals surface area contributed by atoms with E-state index in [0.29, 0.717) is 6.61 Å². The van der Waals surface area contributed by atoms with E-state index in [-0.39, 0.29) is 25.7 Å². The van der Waals surface area contributed by atoms with Gasteiger partial charge in [0.05, 0.1) is 12.7 Å². The number of aliphatic carboxylic acids is 1. The average molecular weight is 264 g/mol. The van der Waals surface area contributed by atoms with E-state index in [2.05, 4.69) is 10.6 Å². The second-order valence-corrected chi connectivity index (χ2v) is 3.57. The lowest BCUT2D eigenvalue weighted by molar-refractivity contribution is -0.139. The number of carbonyl (C=O) groups excluding carboxylic acids is 1. The van der Waals surface area contributed by atoms with Crippen LogP contribution in [-0.2, 0) is 14.3 Å². The number of aliphatic hydroxyl groups is 1. The highest BCUT2D eigenvalue weighted by molar-refractivity contribution is 5.82. The first-order valence-electron chi connectivity index (χ1n) is 5.44. The maximum atomic E-state index is 11.4. The van der Waals surface area contributed by atoms with Crippen molar-refractivity contribution in [3.8, 4) is 0 Å². The van der Waals surface area contributed by atoms with Crippen LogP contribution in [0, 0.1) is 0 Å². The highest BCUT2D eigenvalue weighted by atomic mass is 16.5. The summed E-state index contributed by atoms with van der Waals surface area (Å²) >= 11 is 0. The van der Waals surface area contributed by atoms with E-state index < -0.39 is 18.0 Å². The third kappa shape index (κ3) is 7.05. The molecule has 0 aromatic heterocycles. The van der Waals surface area contributed by atoms with Crippen molar-refractivity contribution in [1.82, 2.24) is 10.6 Å². The summed E-state index contributed by atoms with van der Waals surface area (Å²) in [4.78, 5) is 22.1. The van der Waals surface area contributed by atoms with E-state index in [1.807, 2.05) is 0 Å². The number of aliphatic hydroxyl groups excluding tert-OH is 1. The monoisotopic (exact) mass is 264 g/mol. The van der Waals surface area contributed by atoms with Crippen molar-refractivity contribution in [2.75, 3.05) is 34.0 Å². The van der Waals surface area contributed by atoms with Crippen molar-refractivity contribution >= 4 is 12.0 Å². The van der Waals surface area contributed by atoms with Crippen molar-refractivity contribution in [2.45, 2.75) is 18.6 Å². The first-order valence-corrected chi connectivity index (χ1v) is 5.44. The number of ether oxygens (including phenoxy) is 2. The molecular weight excluding hydrogens is 244 g/mol. The summed E-state index contributed by atoms with van der Waals surface area (Å²) in [5.41, 5.74) is 0. The third-order valence-electron chi connectivity index (χ3n) is 2.20. The molecule has 8 heteroatoms. The molecule has 0 aromatic rings. The molecule has 0 saturated carbocycles. The quantitative estimate of drug-likeness (QED) is 0.415. The lowest BCUT2D eigenvalue weighted by Crippen LogP contribution is -2.48. The predicted octanol–water partition coefficient (Wildman–Crippen LogP) is -1.22. The number of carboxylic acids is 1. The Morgan fingerprint density at radius 2 is 2.00 bits per heavy atom. The molecule has 0 saturated heterocycles. The van der Waals surface area contributed by atoms with Crippen molar-refractivity contribution in [3.05, 3.63) is 0 Å². The van der Waals surface area contributed by atoms with E-state index in [1.54, 1.807) is 0 Å². The van der Waals surface area contributed by atoms with Gasteiger partial charge in [-0.05, 0) is 0 Å². The molecule has 0 heterocycles. The van der Waals surface area contributed by atoms with Gasteiger partial charge in [-0.3, -0.25) is 0 Å². The molecule has 2 atom stereocenters. The topological polar surface area (TPSA) is 117 Å². The maximum Gasteiger partial charge on any atom is 0.326 e. The van der Waals surface area contributed by atoms with E-state index in [4.69, 9.17) is 19.7 Å². The van der Waals surface area contributed by atoms with Crippen LogP contribution >= 0.6 is 0 Å². The number of rotatable bonds is 9. The molecule has 0 bridgehead atoms. The van der Waals surface area contributed by atoms with Gasteiger partial charge in [0.15, 0.2) is 0 Å². The van der Waals surface area contributed by atoms with Crippen molar-refractivity contribution in [1.29, 1.82) is 0 Å². The zero-order valence-electron chi connectivity index (χ0n) is 10.5. The molecule has 0 aliphatic carbocycles. The summed E-state index contributed by atoms with van der Waals surface area (Å²) in [6, 6.07) is -1.74. The summed E-state index contributed by atoms with van der Waals surface area (Å²) < 4.78 is 9.88. The van der Waals surface area contributed by atoms with Crippen LogP contribution in [-0.4, -0.2) is 68.3 Å². The standard InChI is InChI=1S/C10H20N2O6/c1-17-6-7(18-2)5-11-10(16)12-8(3-4-13)9(14)15/h7-8,13H,3-6H2,1-2H3,(H,14,15)(H2,11,12,16)/t7?,8-/m0/s1. The molecule has 0 fully saturated rings. The minimum absolute atomic E-state index is 0.0471. The summed E-state index contributed by atoms with van der Waals surface area (Å²) in [6.45, 7) is 0.193.